The highest BCUT2D eigenvalue weighted by molar-refractivity contribution is 5.73. The summed E-state index contributed by atoms with van der Waals surface area (Å²) < 4.78 is 0. The van der Waals surface area contributed by atoms with Crippen molar-refractivity contribution in [3.05, 3.63) is 35.4 Å². The lowest BCUT2D eigenvalue weighted by atomic mass is 9.98. The van der Waals surface area contributed by atoms with Crippen molar-refractivity contribution in [3.8, 4) is 0 Å². The van der Waals surface area contributed by atoms with Gasteiger partial charge in [0.25, 0.3) is 0 Å². The molecule has 3 atom stereocenters. The van der Waals surface area contributed by atoms with Gasteiger partial charge in [-0.3, -0.25) is 4.90 Å². The van der Waals surface area contributed by atoms with Crippen molar-refractivity contribution in [1.29, 1.82) is 0 Å². The predicted molar refractivity (Wildman–Crippen MR) is 99.4 cm³/mol. The number of hydrogen-bond acceptors (Lipinski definition) is 3. The minimum atomic E-state index is -0.179. The summed E-state index contributed by atoms with van der Waals surface area (Å²) in [5.41, 5.74) is 2.87. The second kappa shape index (κ2) is 8.68. The molecule has 0 bridgehead atoms. The first kappa shape index (κ1) is 18.2. The number of nitrogens with zero attached hydrogens (tertiary/aromatic N) is 1. The van der Waals surface area contributed by atoms with E-state index in [-0.39, 0.29) is 12.1 Å². The largest absolute Gasteiger partial charge is 0.393 e. The molecule has 138 valence electrons. The lowest BCUT2D eigenvalue weighted by Gasteiger charge is -2.35. The van der Waals surface area contributed by atoms with Crippen LogP contribution in [0.4, 0.5) is 4.79 Å². The number of nitrogens with one attached hydrogen (secondary N) is 2. The summed E-state index contributed by atoms with van der Waals surface area (Å²) in [5.74, 6) is 0.418. The van der Waals surface area contributed by atoms with Gasteiger partial charge in [-0.1, -0.05) is 31.2 Å². The number of aliphatic hydroxyl groups excluding tert-OH is 1. The molecule has 5 heteroatoms. The summed E-state index contributed by atoms with van der Waals surface area (Å²) in [7, 11) is 0. The molecule has 0 radical (unpaired) electrons. The van der Waals surface area contributed by atoms with E-state index < -0.39 is 0 Å². The first-order chi connectivity index (χ1) is 12.2. The Kier molecular flexibility index (Phi) is 6.32. The van der Waals surface area contributed by atoms with Crippen LogP contribution in [0.2, 0.25) is 0 Å². The van der Waals surface area contributed by atoms with Gasteiger partial charge in [-0.25, -0.2) is 4.79 Å². The van der Waals surface area contributed by atoms with Crippen LogP contribution in [0.3, 0.4) is 0 Å². The Labute approximate surface area is 150 Å². The number of benzene rings is 1. The number of hydrogen-bond donors (Lipinski definition) is 3. The van der Waals surface area contributed by atoms with Gasteiger partial charge in [0.15, 0.2) is 0 Å². The number of amides is 2. The minimum Gasteiger partial charge on any atom is -0.393 e. The van der Waals surface area contributed by atoms with Gasteiger partial charge in [0, 0.05) is 32.2 Å². The van der Waals surface area contributed by atoms with Gasteiger partial charge in [0.2, 0.25) is 0 Å². The summed E-state index contributed by atoms with van der Waals surface area (Å²) in [6, 6.07) is 8.93. The fraction of sp³-hybridized carbons (Fsp3) is 0.650. The number of aliphatic hydroxyl groups is 1. The van der Waals surface area contributed by atoms with E-state index in [0.717, 1.165) is 45.2 Å². The Hall–Kier alpha value is -1.59. The third-order valence-corrected chi connectivity index (χ3v) is 5.71. The van der Waals surface area contributed by atoms with Crippen LogP contribution in [0.25, 0.3) is 0 Å². The zero-order valence-electron chi connectivity index (χ0n) is 15.2. The van der Waals surface area contributed by atoms with Gasteiger partial charge < -0.3 is 15.7 Å². The Morgan fingerprint density at radius 1 is 1.28 bits per heavy atom. The van der Waals surface area contributed by atoms with Crippen molar-refractivity contribution >= 4 is 6.03 Å². The number of carbonyl (C=O) groups is 1. The van der Waals surface area contributed by atoms with Gasteiger partial charge in [-0.05, 0) is 49.1 Å². The van der Waals surface area contributed by atoms with Gasteiger partial charge in [0.1, 0.15) is 0 Å². The maximum Gasteiger partial charge on any atom is 0.314 e. The van der Waals surface area contributed by atoms with E-state index in [1.807, 2.05) is 0 Å². The van der Waals surface area contributed by atoms with Crippen LogP contribution in [0, 0.1) is 5.92 Å². The number of rotatable bonds is 6. The molecule has 1 heterocycles. The molecule has 1 fully saturated rings. The predicted octanol–water partition coefficient (Wildman–Crippen LogP) is 2.28. The van der Waals surface area contributed by atoms with Crippen molar-refractivity contribution in [2.75, 3.05) is 19.6 Å². The SMILES string of the molecule is CC[C@H](CNC(=O)NC[C@@H]1CC[C@H](O)C1)N1CCc2ccccc2C1. The quantitative estimate of drug-likeness (QED) is 0.741. The Bertz CT molecular complexity index is 578. The molecule has 5 nitrogen and oxygen atoms in total. The average molecular weight is 345 g/mol. The van der Waals surface area contributed by atoms with Crippen molar-refractivity contribution in [3.63, 3.8) is 0 Å². The summed E-state index contributed by atoms with van der Waals surface area (Å²) in [6.45, 7) is 5.55. The molecule has 25 heavy (non-hydrogen) atoms. The number of carbonyl (C=O) groups excluding carboxylic acids is 1. The first-order valence-corrected chi connectivity index (χ1v) is 9.66. The molecule has 3 N–H and O–H groups in total. The lowest BCUT2D eigenvalue weighted by molar-refractivity contribution is 0.168. The first-order valence-electron chi connectivity index (χ1n) is 9.66. The molecule has 1 aromatic carbocycles. The van der Waals surface area contributed by atoms with Gasteiger partial charge >= 0.3 is 6.03 Å². The van der Waals surface area contributed by atoms with E-state index in [9.17, 15) is 9.90 Å². The van der Waals surface area contributed by atoms with Crippen LogP contribution in [0.1, 0.15) is 43.7 Å². The van der Waals surface area contributed by atoms with Crippen molar-refractivity contribution < 1.29 is 9.90 Å². The van der Waals surface area contributed by atoms with Gasteiger partial charge in [-0.2, -0.15) is 0 Å². The Morgan fingerprint density at radius 3 is 2.80 bits per heavy atom. The molecule has 3 rings (SSSR count). The minimum absolute atomic E-state index is 0.0859. The van der Waals surface area contributed by atoms with E-state index in [0.29, 0.717) is 25.0 Å². The van der Waals surface area contributed by atoms with Crippen LogP contribution in [0.5, 0.6) is 0 Å². The molecule has 1 aliphatic heterocycles. The smallest absolute Gasteiger partial charge is 0.314 e. The highest BCUT2D eigenvalue weighted by Gasteiger charge is 2.24. The Morgan fingerprint density at radius 2 is 2.08 bits per heavy atom. The highest BCUT2D eigenvalue weighted by Crippen LogP contribution is 2.24. The summed E-state index contributed by atoms with van der Waals surface area (Å²) in [6.07, 6.45) is 4.61. The fourth-order valence-corrected chi connectivity index (χ4v) is 4.10. The molecular formula is C20H31N3O2. The maximum absolute atomic E-state index is 12.1. The third-order valence-electron chi connectivity index (χ3n) is 5.71. The summed E-state index contributed by atoms with van der Waals surface area (Å²) in [5, 5.41) is 15.6. The molecule has 0 spiro atoms. The molecular weight excluding hydrogens is 314 g/mol. The van der Waals surface area contributed by atoms with Gasteiger partial charge in [-0.15, -0.1) is 0 Å². The topological polar surface area (TPSA) is 64.6 Å². The monoisotopic (exact) mass is 345 g/mol. The summed E-state index contributed by atoms with van der Waals surface area (Å²) >= 11 is 0. The fourth-order valence-electron chi connectivity index (χ4n) is 4.10. The molecule has 2 amide bonds. The summed E-state index contributed by atoms with van der Waals surface area (Å²) in [4.78, 5) is 14.6. The van der Waals surface area contributed by atoms with E-state index in [4.69, 9.17) is 0 Å². The molecule has 1 aromatic rings. The average Bonchev–Trinajstić information content (AvgIpc) is 3.05. The second-order valence-corrected chi connectivity index (χ2v) is 7.48. The van der Waals surface area contributed by atoms with E-state index in [1.165, 1.54) is 11.1 Å². The van der Waals surface area contributed by atoms with Crippen molar-refractivity contribution in [2.45, 2.75) is 57.7 Å². The highest BCUT2D eigenvalue weighted by atomic mass is 16.3. The van der Waals surface area contributed by atoms with Crippen LogP contribution < -0.4 is 10.6 Å². The van der Waals surface area contributed by atoms with Crippen LogP contribution in [0.15, 0.2) is 24.3 Å². The lowest BCUT2D eigenvalue weighted by Crippen LogP contribution is -2.48. The Balaban J connectivity index is 1.42. The zero-order chi connectivity index (χ0) is 17.6. The van der Waals surface area contributed by atoms with Crippen LogP contribution in [-0.2, 0) is 13.0 Å². The molecule has 0 unspecified atom stereocenters. The molecule has 0 saturated heterocycles. The molecule has 1 saturated carbocycles. The van der Waals surface area contributed by atoms with Crippen LogP contribution >= 0.6 is 0 Å². The van der Waals surface area contributed by atoms with E-state index in [2.05, 4.69) is 46.7 Å². The third kappa shape index (κ3) is 4.95. The van der Waals surface area contributed by atoms with Gasteiger partial charge in [0.05, 0.1) is 6.10 Å². The molecule has 2 aliphatic rings. The second-order valence-electron chi connectivity index (χ2n) is 7.48. The maximum atomic E-state index is 12.1. The number of urea groups is 1. The normalized spacial score (nSPS) is 24.6. The number of fused-ring (bicyclic) bond motifs is 1. The van der Waals surface area contributed by atoms with Crippen molar-refractivity contribution in [2.24, 2.45) is 5.92 Å². The zero-order valence-corrected chi connectivity index (χ0v) is 15.2. The van der Waals surface area contributed by atoms with E-state index in [1.54, 1.807) is 0 Å². The standard InChI is InChI=1S/C20H31N3O2/c1-2-18(23-10-9-16-5-3-4-6-17(16)14-23)13-22-20(25)21-12-15-7-8-19(24)11-15/h3-6,15,18-19,24H,2,7-14H2,1H3,(H2,21,22,25)/t15-,18-,19+/m1/s1. The van der Waals surface area contributed by atoms with E-state index >= 15 is 0 Å². The molecule has 0 aromatic heterocycles. The van der Waals surface area contributed by atoms with Crippen molar-refractivity contribution in [1.82, 2.24) is 15.5 Å². The van der Waals surface area contributed by atoms with Crippen LogP contribution in [-0.4, -0.2) is 47.8 Å². The molecule has 1 aliphatic carbocycles.